The molecular formula is C8H7N3O3. The van der Waals surface area contributed by atoms with Crippen LogP contribution in [0.25, 0.3) is 11.1 Å². The van der Waals surface area contributed by atoms with Gasteiger partial charge in [0.15, 0.2) is 11.4 Å². The summed E-state index contributed by atoms with van der Waals surface area (Å²) in [5.74, 6) is -0.550. The van der Waals surface area contributed by atoms with Gasteiger partial charge in [0.05, 0.1) is 5.52 Å². The third kappa shape index (κ3) is 1.22. The van der Waals surface area contributed by atoms with Crippen molar-refractivity contribution in [3.63, 3.8) is 0 Å². The zero-order valence-electron chi connectivity index (χ0n) is 7.02. The van der Waals surface area contributed by atoms with Crippen molar-refractivity contribution < 1.29 is 9.62 Å². The molecule has 0 aliphatic rings. The van der Waals surface area contributed by atoms with Crippen molar-refractivity contribution in [1.29, 1.82) is 0 Å². The predicted octanol–water partition coefficient (Wildman–Crippen LogP) is 0.216. The summed E-state index contributed by atoms with van der Waals surface area (Å²) in [6.45, 7) is 0. The Morgan fingerprint density at radius 2 is 2.36 bits per heavy atom. The van der Waals surface area contributed by atoms with Gasteiger partial charge in [-0.05, 0) is 18.2 Å². The van der Waals surface area contributed by atoms with E-state index in [1.807, 2.05) is 0 Å². The summed E-state index contributed by atoms with van der Waals surface area (Å²) in [5.41, 5.74) is 6.83. The van der Waals surface area contributed by atoms with Crippen LogP contribution in [0.4, 0.5) is 0 Å². The van der Waals surface area contributed by atoms with E-state index in [1.54, 1.807) is 18.2 Å². The first-order valence-corrected chi connectivity index (χ1v) is 3.81. The van der Waals surface area contributed by atoms with Crippen molar-refractivity contribution in [2.24, 2.45) is 10.9 Å². The van der Waals surface area contributed by atoms with Crippen LogP contribution in [-0.2, 0) is 0 Å². The monoisotopic (exact) mass is 193 g/mol. The Labute approximate surface area is 77.6 Å². The van der Waals surface area contributed by atoms with Crippen LogP contribution in [0, 0.1) is 0 Å². The maximum Gasteiger partial charge on any atom is 0.417 e. The number of oxazole rings is 1. The fraction of sp³-hybridized carbons (Fsp3) is 0. The van der Waals surface area contributed by atoms with Gasteiger partial charge in [-0.15, -0.1) is 0 Å². The maximum atomic E-state index is 10.8. The maximum absolute atomic E-state index is 10.8. The van der Waals surface area contributed by atoms with Crippen molar-refractivity contribution in [3.05, 3.63) is 34.3 Å². The van der Waals surface area contributed by atoms with Crippen LogP contribution in [0.5, 0.6) is 0 Å². The Morgan fingerprint density at radius 3 is 3.07 bits per heavy atom. The lowest BCUT2D eigenvalue weighted by atomic mass is 10.2. The lowest BCUT2D eigenvalue weighted by Crippen LogP contribution is -2.12. The van der Waals surface area contributed by atoms with Gasteiger partial charge in [0, 0.05) is 5.56 Å². The summed E-state index contributed by atoms with van der Waals surface area (Å²) < 4.78 is 4.78. The molecule has 0 fully saturated rings. The number of nitrogens with zero attached hydrogens (tertiary/aromatic N) is 1. The molecule has 2 aromatic rings. The number of rotatable bonds is 1. The number of benzene rings is 1. The molecule has 0 radical (unpaired) electrons. The van der Waals surface area contributed by atoms with Crippen LogP contribution in [-0.4, -0.2) is 16.0 Å². The third-order valence-corrected chi connectivity index (χ3v) is 1.82. The number of nitrogens with two attached hydrogens (primary N) is 1. The minimum Gasteiger partial charge on any atom is -0.409 e. The zero-order valence-corrected chi connectivity index (χ0v) is 7.02. The summed E-state index contributed by atoms with van der Waals surface area (Å²) in [6.07, 6.45) is 0. The third-order valence-electron chi connectivity index (χ3n) is 1.82. The second kappa shape index (κ2) is 2.91. The number of aromatic nitrogens is 1. The number of amidine groups is 1. The van der Waals surface area contributed by atoms with Crippen molar-refractivity contribution >= 4 is 16.9 Å². The first-order valence-electron chi connectivity index (χ1n) is 3.81. The van der Waals surface area contributed by atoms with Gasteiger partial charge in [0.25, 0.3) is 0 Å². The Hall–Kier alpha value is -2.24. The van der Waals surface area contributed by atoms with Crippen molar-refractivity contribution in [2.75, 3.05) is 0 Å². The van der Waals surface area contributed by atoms with Gasteiger partial charge < -0.3 is 15.4 Å². The molecule has 6 heteroatoms. The average molecular weight is 193 g/mol. The molecule has 14 heavy (non-hydrogen) atoms. The number of hydrogen-bond acceptors (Lipinski definition) is 4. The molecular weight excluding hydrogens is 186 g/mol. The molecule has 4 N–H and O–H groups in total. The molecule has 0 spiro atoms. The molecule has 0 aliphatic heterocycles. The lowest BCUT2D eigenvalue weighted by molar-refractivity contribution is 0.318. The van der Waals surface area contributed by atoms with Gasteiger partial charge in [0.2, 0.25) is 0 Å². The minimum absolute atomic E-state index is 0.0195. The quantitative estimate of drug-likeness (QED) is 0.260. The number of oxime groups is 1. The molecule has 0 saturated heterocycles. The van der Waals surface area contributed by atoms with E-state index in [9.17, 15) is 4.79 Å². The second-order valence-corrected chi connectivity index (χ2v) is 2.71. The number of aromatic amines is 1. The standard InChI is InChI=1S/C8H7N3O3/c9-7(11-13)4-1-2-6-5(3-4)10-8(12)14-6/h1-3,13H,(H2,9,11)(H,10,12). The summed E-state index contributed by atoms with van der Waals surface area (Å²) >= 11 is 0. The molecule has 72 valence electrons. The topological polar surface area (TPSA) is 105 Å². The van der Waals surface area contributed by atoms with Gasteiger partial charge in [-0.2, -0.15) is 0 Å². The number of H-pyrrole nitrogens is 1. The Morgan fingerprint density at radius 1 is 1.57 bits per heavy atom. The van der Waals surface area contributed by atoms with Gasteiger partial charge >= 0.3 is 5.76 Å². The Bertz CT molecular complexity index is 552. The van der Waals surface area contributed by atoms with Gasteiger partial charge in [-0.25, -0.2) is 4.79 Å². The van der Waals surface area contributed by atoms with Gasteiger partial charge in [-0.3, -0.25) is 4.98 Å². The van der Waals surface area contributed by atoms with Crippen LogP contribution in [0.2, 0.25) is 0 Å². The molecule has 1 heterocycles. The number of nitrogens with one attached hydrogen (secondary N) is 1. The number of hydrogen-bond donors (Lipinski definition) is 3. The van der Waals surface area contributed by atoms with E-state index in [2.05, 4.69) is 10.1 Å². The molecule has 0 atom stereocenters. The zero-order chi connectivity index (χ0) is 10.1. The highest BCUT2D eigenvalue weighted by Crippen LogP contribution is 2.11. The number of fused-ring (bicyclic) bond motifs is 1. The highest BCUT2D eigenvalue weighted by molar-refractivity contribution is 5.99. The van der Waals surface area contributed by atoms with Crippen molar-refractivity contribution in [2.45, 2.75) is 0 Å². The van der Waals surface area contributed by atoms with Gasteiger partial charge in [-0.1, -0.05) is 5.16 Å². The van der Waals surface area contributed by atoms with Crippen LogP contribution < -0.4 is 11.5 Å². The van der Waals surface area contributed by atoms with E-state index in [0.29, 0.717) is 16.7 Å². The highest BCUT2D eigenvalue weighted by atomic mass is 16.4. The summed E-state index contributed by atoms with van der Waals surface area (Å²) in [6, 6.07) is 4.73. The van der Waals surface area contributed by atoms with Crippen molar-refractivity contribution in [3.8, 4) is 0 Å². The SMILES string of the molecule is N/C(=N/O)c1ccc2oc(=O)[nH]c2c1. The fourth-order valence-corrected chi connectivity index (χ4v) is 1.17. The minimum atomic E-state index is -0.531. The fourth-order valence-electron chi connectivity index (χ4n) is 1.17. The summed E-state index contributed by atoms with van der Waals surface area (Å²) in [5, 5.41) is 11.3. The van der Waals surface area contributed by atoms with Gasteiger partial charge in [0.1, 0.15) is 0 Å². The van der Waals surface area contributed by atoms with E-state index in [-0.39, 0.29) is 5.84 Å². The normalized spacial score (nSPS) is 12.1. The molecule has 0 bridgehead atoms. The summed E-state index contributed by atoms with van der Waals surface area (Å²) in [4.78, 5) is 13.3. The molecule has 2 rings (SSSR count). The van der Waals surface area contributed by atoms with E-state index in [0.717, 1.165) is 0 Å². The summed E-state index contributed by atoms with van der Waals surface area (Å²) in [7, 11) is 0. The van der Waals surface area contributed by atoms with E-state index < -0.39 is 5.76 Å². The largest absolute Gasteiger partial charge is 0.417 e. The average Bonchev–Trinajstić information content (AvgIpc) is 2.55. The molecule has 1 aromatic heterocycles. The van der Waals surface area contributed by atoms with Crippen molar-refractivity contribution in [1.82, 2.24) is 4.98 Å². The Kier molecular flexibility index (Phi) is 1.74. The molecule has 6 nitrogen and oxygen atoms in total. The van der Waals surface area contributed by atoms with E-state index in [1.165, 1.54) is 0 Å². The Balaban J connectivity index is 2.67. The molecule has 0 saturated carbocycles. The van der Waals surface area contributed by atoms with Crippen LogP contribution in [0.15, 0.2) is 32.6 Å². The smallest absolute Gasteiger partial charge is 0.409 e. The highest BCUT2D eigenvalue weighted by Gasteiger charge is 2.04. The first-order chi connectivity index (χ1) is 6.70. The van der Waals surface area contributed by atoms with Crippen LogP contribution in [0.3, 0.4) is 0 Å². The van der Waals surface area contributed by atoms with E-state index in [4.69, 9.17) is 15.4 Å². The molecule has 0 unspecified atom stereocenters. The molecule has 1 aromatic carbocycles. The van der Waals surface area contributed by atoms with E-state index >= 15 is 0 Å². The van der Waals surface area contributed by atoms with Crippen LogP contribution >= 0.6 is 0 Å². The first kappa shape index (κ1) is 8.36. The predicted molar refractivity (Wildman–Crippen MR) is 49.3 cm³/mol. The second-order valence-electron chi connectivity index (χ2n) is 2.71. The lowest BCUT2D eigenvalue weighted by Gasteiger charge is -1.96. The van der Waals surface area contributed by atoms with Crippen LogP contribution in [0.1, 0.15) is 5.56 Å². The molecule has 0 aliphatic carbocycles. The molecule has 0 amide bonds.